The molecule has 2 aromatic heterocycles. The quantitative estimate of drug-likeness (QED) is 0.812. The second kappa shape index (κ2) is 7.05. The zero-order valence-electron chi connectivity index (χ0n) is 10.5. The van der Waals surface area contributed by atoms with Gasteiger partial charge < -0.3 is 9.64 Å². The van der Waals surface area contributed by atoms with Crippen LogP contribution >= 0.6 is 34.3 Å². The summed E-state index contributed by atoms with van der Waals surface area (Å²) in [5.74, 6) is 0.000139. The third-order valence-corrected chi connectivity index (χ3v) is 4.54. The molecule has 0 aliphatic rings. The first-order valence-electron chi connectivity index (χ1n) is 5.75. The molecule has 19 heavy (non-hydrogen) atoms. The van der Waals surface area contributed by atoms with Gasteiger partial charge in [-0.2, -0.15) is 11.3 Å². The topological polar surface area (TPSA) is 29.5 Å². The van der Waals surface area contributed by atoms with E-state index in [4.69, 9.17) is 16.3 Å². The van der Waals surface area contributed by atoms with Crippen molar-refractivity contribution in [3.63, 3.8) is 0 Å². The molecule has 0 N–H and O–H groups in total. The summed E-state index contributed by atoms with van der Waals surface area (Å²) >= 11 is 8.82. The molecule has 0 radical (unpaired) electrons. The van der Waals surface area contributed by atoms with Gasteiger partial charge in [-0.15, -0.1) is 11.3 Å². The van der Waals surface area contributed by atoms with Crippen LogP contribution < -0.4 is 0 Å². The SMILES string of the molecule is COCCN(Cc1ccsc1)C(=O)c1ccc(Cl)s1. The van der Waals surface area contributed by atoms with E-state index in [9.17, 15) is 4.79 Å². The van der Waals surface area contributed by atoms with Gasteiger partial charge in [0.15, 0.2) is 0 Å². The van der Waals surface area contributed by atoms with Crippen LogP contribution in [0, 0.1) is 0 Å². The van der Waals surface area contributed by atoms with Crippen molar-refractivity contribution in [2.24, 2.45) is 0 Å². The van der Waals surface area contributed by atoms with E-state index in [2.05, 4.69) is 5.38 Å². The number of carbonyl (C=O) groups excluding carboxylic acids is 1. The summed E-state index contributed by atoms with van der Waals surface area (Å²) < 4.78 is 5.70. The smallest absolute Gasteiger partial charge is 0.264 e. The van der Waals surface area contributed by atoms with Crippen LogP contribution in [0.4, 0.5) is 0 Å². The summed E-state index contributed by atoms with van der Waals surface area (Å²) in [6, 6.07) is 5.54. The molecule has 0 aromatic carbocycles. The summed E-state index contributed by atoms with van der Waals surface area (Å²) in [6.45, 7) is 1.69. The average Bonchev–Trinajstić information content (AvgIpc) is 3.05. The number of carbonyl (C=O) groups is 1. The molecule has 102 valence electrons. The van der Waals surface area contributed by atoms with E-state index in [0.717, 1.165) is 5.56 Å². The van der Waals surface area contributed by atoms with Crippen LogP contribution in [0.3, 0.4) is 0 Å². The fourth-order valence-electron chi connectivity index (χ4n) is 1.64. The fourth-order valence-corrected chi connectivity index (χ4v) is 3.31. The van der Waals surface area contributed by atoms with E-state index >= 15 is 0 Å². The maximum absolute atomic E-state index is 12.4. The first-order chi connectivity index (χ1) is 9.20. The van der Waals surface area contributed by atoms with Crippen LogP contribution in [0.15, 0.2) is 29.0 Å². The highest BCUT2D eigenvalue weighted by atomic mass is 35.5. The Labute approximate surface area is 125 Å². The molecule has 2 aromatic rings. The maximum atomic E-state index is 12.4. The van der Waals surface area contributed by atoms with Crippen LogP contribution in [0.25, 0.3) is 0 Å². The Morgan fingerprint density at radius 3 is 2.84 bits per heavy atom. The van der Waals surface area contributed by atoms with Gasteiger partial charge in [0, 0.05) is 20.2 Å². The van der Waals surface area contributed by atoms with Crippen molar-refractivity contribution in [2.75, 3.05) is 20.3 Å². The Balaban J connectivity index is 2.10. The van der Waals surface area contributed by atoms with Crippen molar-refractivity contribution in [3.8, 4) is 0 Å². The van der Waals surface area contributed by atoms with Crippen molar-refractivity contribution in [3.05, 3.63) is 43.7 Å². The van der Waals surface area contributed by atoms with Gasteiger partial charge in [0.2, 0.25) is 0 Å². The lowest BCUT2D eigenvalue weighted by Gasteiger charge is -2.21. The first kappa shape index (κ1) is 14.5. The van der Waals surface area contributed by atoms with Crippen molar-refractivity contribution in [1.29, 1.82) is 0 Å². The number of hydrogen-bond acceptors (Lipinski definition) is 4. The second-order valence-corrected chi connectivity index (χ2v) is 6.45. The average molecular weight is 316 g/mol. The molecule has 1 amide bonds. The number of rotatable bonds is 6. The molecule has 0 saturated carbocycles. The van der Waals surface area contributed by atoms with Gasteiger partial charge in [-0.25, -0.2) is 0 Å². The lowest BCUT2D eigenvalue weighted by molar-refractivity contribution is 0.0685. The molecule has 0 saturated heterocycles. The van der Waals surface area contributed by atoms with Crippen LogP contribution in [0.1, 0.15) is 15.2 Å². The third-order valence-electron chi connectivity index (χ3n) is 2.59. The highest BCUT2D eigenvalue weighted by Gasteiger charge is 2.17. The molecule has 2 heterocycles. The zero-order chi connectivity index (χ0) is 13.7. The Hall–Kier alpha value is -0.880. The van der Waals surface area contributed by atoms with E-state index < -0.39 is 0 Å². The van der Waals surface area contributed by atoms with Gasteiger partial charge in [-0.3, -0.25) is 4.79 Å². The largest absolute Gasteiger partial charge is 0.383 e. The minimum absolute atomic E-state index is 0.000139. The standard InChI is InChI=1S/C13H14ClNO2S2/c1-17-6-5-15(8-10-4-7-18-9-10)13(16)11-2-3-12(14)19-11/h2-4,7,9H,5-6,8H2,1H3. The van der Waals surface area contributed by atoms with E-state index in [0.29, 0.717) is 28.9 Å². The number of amides is 1. The van der Waals surface area contributed by atoms with Gasteiger partial charge in [-0.1, -0.05) is 11.6 Å². The molecule has 0 fully saturated rings. The van der Waals surface area contributed by atoms with Gasteiger partial charge >= 0.3 is 0 Å². The molecule has 0 atom stereocenters. The molecule has 0 aliphatic heterocycles. The molecule has 3 nitrogen and oxygen atoms in total. The maximum Gasteiger partial charge on any atom is 0.264 e. The highest BCUT2D eigenvalue weighted by Crippen LogP contribution is 2.23. The molecule has 0 aliphatic carbocycles. The van der Waals surface area contributed by atoms with E-state index in [-0.39, 0.29) is 5.91 Å². The minimum Gasteiger partial charge on any atom is -0.383 e. The van der Waals surface area contributed by atoms with Gasteiger partial charge in [-0.05, 0) is 34.5 Å². The lowest BCUT2D eigenvalue weighted by atomic mass is 10.3. The predicted molar refractivity (Wildman–Crippen MR) is 80.3 cm³/mol. The summed E-state index contributed by atoms with van der Waals surface area (Å²) in [5, 5.41) is 4.06. The number of ether oxygens (including phenoxy) is 1. The van der Waals surface area contributed by atoms with Crippen LogP contribution in [0.2, 0.25) is 4.34 Å². The predicted octanol–water partition coefficient (Wildman–Crippen LogP) is 3.75. The minimum atomic E-state index is 0.000139. The van der Waals surface area contributed by atoms with Gasteiger partial charge in [0.1, 0.15) is 0 Å². The Kier molecular flexibility index (Phi) is 5.39. The summed E-state index contributed by atoms with van der Waals surface area (Å²) in [7, 11) is 1.63. The number of methoxy groups -OCH3 is 1. The van der Waals surface area contributed by atoms with Gasteiger partial charge in [0.25, 0.3) is 5.91 Å². The summed E-state index contributed by atoms with van der Waals surface area (Å²) in [4.78, 5) is 14.9. The Bertz CT molecular complexity index is 524. The van der Waals surface area contributed by atoms with E-state index in [1.165, 1.54) is 11.3 Å². The summed E-state index contributed by atoms with van der Waals surface area (Å²) in [6.07, 6.45) is 0. The van der Waals surface area contributed by atoms with Gasteiger partial charge in [0.05, 0.1) is 15.8 Å². The van der Waals surface area contributed by atoms with Crippen LogP contribution in [0.5, 0.6) is 0 Å². The molecule has 0 bridgehead atoms. The normalized spacial score (nSPS) is 10.6. The summed E-state index contributed by atoms with van der Waals surface area (Å²) in [5.41, 5.74) is 1.14. The lowest BCUT2D eigenvalue weighted by Crippen LogP contribution is -2.32. The van der Waals surface area contributed by atoms with Crippen molar-refractivity contribution in [2.45, 2.75) is 6.54 Å². The first-order valence-corrected chi connectivity index (χ1v) is 7.89. The number of halogens is 1. The molecule has 2 rings (SSSR count). The molecular formula is C13H14ClNO2S2. The highest BCUT2D eigenvalue weighted by molar-refractivity contribution is 7.18. The number of thiophene rings is 2. The molecule has 0 spiro atoms. The van der Waals surface area contributed by atoms with Crippen molar-refractivity contribution >= 4 is 40.2 Å². The van der Waals surface area contributed by atoms with Crippen LogP contribution in [-0.4, -0.2) is 31.1 Å². The van der Waals surface area contributed by atoms with Crippen molar-refractivity contribution < 1.29 is 9.53 Å². The third kappa shape index (κ3) is 4.04. The van der Waals surface area contributed by atoms with E-state index in [1.54, 1.807) is 35.5 Å². The molecule has 6 heteroatoms. The zero-order valence-corrected chi connectivity index (χ0v) is 12.9. The second-order valence-electron chi connectivity index (χ2n) is 3.95. The van der Waals surface area contributed by atoms with Crippen molar-refractivity contribution in [1.82, 2.24) is 4.90 Å². The fraction of sp³-hybridized carbons (Fsp3) is 0.308. The monoisotopic (exact) mass is 315 g/mol. The Morgan fingerprint density at radius 2 is 2.26 bits per heavy atom. The molecule has 0 unspecified atom stereocenters. The van der Waals surface area contributed by atoms with E-state index in [1.807, 2.05) is 11.4 Å². The van der Waals surface area contributed by atoms with Crippen LogP contribution in [-0.2, 0) is 11.3 Å². The molecular weight excluding hydrogens is 302 g/mol. The number of nitrogens with zero attached hydrogens (tertiary/aromatic N) is 1. The number of hydrogen-bond donors (Lipinski definition) is 0. The Morgan fingerprint density at radius 1 is 1.42 bits per heavy atom.